The summed E-state index contributed by atoms with van der Waals surface area (Å²) in [5, 5.41) is 13.9. The molecular formula is C15H13N3O2. The third-order valence-corrected chi connectivity index (χ3v) is 3.23. The average molecular weight is 267 g/mol. The molecule has 0 unspecified atom stereocenters. The van der Waals surface area contributed by atoms with Crippen molar-refractivity contribution in [1.82, 2.24) is 14.6 Å². The summed E-state index contributed by atoms with van der Waals surface area (Å²) in [7, 11) is 0. The molecule has 3 aromatic rings. The lowest BCUT2D eigenvalue weighted by molar-refractivity contribution is 0.497. The standard InChI is InChI=1S/C15H13N3O2/c1-9-13(11-6-4-3-5-7-11)14-16-8-12(10(2)19)15(20)18(14)17-9/h3-8,19H,1-2H3. The molecule has 0 spiro atoms. The monoisotopic (exact) mass is 267 g/mol. The summed E-state index contributed by atoms with van der Waals surface area (Å²) in [6, 6.07) is 9.69. The van der Waals surface area contributed by atoms with Gasteiger partial charge in [0.15, 0.2) is 5.65 Å². The molecule has 3 rings (SSSR count). The zero-order valence-corrected chi connectivity index (χ0v) is 11.2. The van der Waals surface area contributed by atoms with E-state index in [1.54, 1.807) is 0 Å². The molecule has 5 nitrogen and oxygen atoms in total. The fourth-order valence-electron chi connectivity index (χ4n) is 2.26. The van der Waals surface area contributed by atoms with Gasteiger partial charge in [-0.3, -0.25) is 4.79 Å². The Hall–Kier alpha value is -2.69. The zero-order valence-electron chi connectivity index (χ0n) is 11.2. The largest absolute Gasteiger partial charge is 0.512 e. The Balaban J connectivity index is 2.43. The maximum Gasteiger partial charge on any atom is 0.285 e. The van der Waals surface area contributed by atoms with Gasteiger partial charge in [0.05, 0.1) is 10.9 Å². The topological polar surface area (TPSA) is 67.5 Å². The van der Waals surface area contributed by atoms with Crippen molar-refractivity contribution < 1.29 is 5.11 Å². The Morgan fingerprint density at radius 3 is 2.60 bits per heavy atom. The average Bonchev–Trinajstić information content (AvgIpc) is 2.77. The van der Waals surface area contributed by atoms with Crippen molar-refractivity contribution >= 4 is 11.4 Å². The Labute approximate surface area is 114 Å². The fourth-order valence-corrected chi connectivity index (χ4v) is 2.26. The number of benzene rings is 1. The van der Waals surface area contributed by atoms with Crippen LogP contribution in [0.25, 0.3) is 22.5 Å². The molecule has 0 aliphatic heterocycles. The van der Waals surface area contributed by atoms with E-state index in [0.29, 0.717) is 5.65 Å². The first-order valence-electron chi connectivity index (χ1n) is 6.23. The highest BCUT2D eigenvalue weighted by atomic mass is 16.3. The van der Waals surface area contributed by atoms with Crippen molar-refractivity contribution in [2.24, 2.45) is 0 Å². The summed E-state index contributed by atoms with van der Waals surface area (Å²) in [6.07, 6.45) is 1.39. The van der Waals surface area contributed by atoms with Gasteiger partial charge in [-0.1, -0.05) is 30.3 Å². The van der Waals surface area contributed by atoms with Crippen LogP contribution in [0.3, 0.4) is 0 Å². The van der Waals surface area contributed by atoms with Crippen molar-refractivity contribution in [1.29, 1.82) is 0 Å². The summed E-state index contributed by atoms with van der Waals surface area (Å²) in [5.74, 6) is -0.0567. The second-order valence-corrected chi connectivity index (χ2v) is 4.62. The number of rotatable bonds is 1. The molecule has 5 heteroatoms. The van der Waals surface area contributed by atoms with Crippen LogP contribution in [0.15, 0.2) is 41.3 Å². The molecule has 0 saturated carbocycles. The van der Waals surface area contributed by atoms with Gasteiger partial charge >= 0.3 is 0 Å². The maximum absolute atomic E-state index is 12.2. The molecular weight excluding hydrogens is 254 g/mol. The van der Waals surface area contributed by atoms with Crippen LogP contribution in [0.5, 0.6) is 0 Å². The van der Waals surface area contributed by atoms with E-state index in [9.17, 15) is 9.90 Å². The van der Waals surface area contributed by atoms with Crippen molar-refractivity contribution in [3.05, 3.63) is 57.8 Å². The zero-order chi connectivity index (χ0) is 14.3. The summed E-state index contributed by atoms with van der Waals surface area (Å²) in [5.41, 5.74) is 2.67. The summed E-state index contributed by atoms with van der Waals surface area (Å²) < 4.78 is 1.24. The smallest absolute Gasteiger partial charge is 0.285 e. The number of aliphatic hydroxyl groups is 1. The van der Waals surface area contributed by atoms with E-state index in [1.165, 1.54) is 17.6 Å². The number of hydrogen-bond donors (Lipinski definition) is 1. The lowest BCUT2D eigenvalue weighted by Gasteiger charge is -1.99. The number of aliphatic hydroxyl groups excluding tert-OH is 1. The Morgan fingerprint density at radius 2 is 1.95 bits per heavy atom. The van der Waals surface area contributed by atoms with Gasteiger partial charge in [0.2, 0.25) is 0 Å². The Kier molecular flexibility index (Phi) is 2.75. The van der Waals surface area contributed by atoms with Crippen LogP contribution in [-0.2, 0) is 0 Å². The molecule has 20 heavy (non-hydrogen) atoms. The lowest BCUT2D eigenvalue weighted by atomic mass is 10.1. The van der Waals surface area contributed by atoms with Crippen LogP contribution in [0.4, 0.5) is 0 Å². The third-order valence-electron chi connectivity index (χ3n) is 3.23. The molecule has 1 aromatic carbocycles. The first-order valence-corrected chi connectivity index (χ1v) is 6.23. The van der Waals surface area contributed by atoms with Gasteiger partial charge in [0.25, 0.3) is 5.56 Å². The molecule has 100 valence electrons. The van der Waals surface area contributed by atoms with Crippen LogP contribution in [0, 0.1) is 6.92 Å². The van der Waals surface area contributed by atoms with E-state index in [0.717, 1.165) is 16.8 Å². The molecule has 0 radical (unpaired) electrons. The van der Waals surface area contributed by atoms with Gasteiger partial charge in [-0.05, 0) is 19.4 Å². The molecule has 0 aliphatic rings. The number of aromatic nitrogens is 3. The SMILES string of the molecule is CC(O)=c1cnc2c(-c3ccccc3)c(C)nn2c1=O. The van der Waals surface area contributed by atoms with Gasteiger partial charge in [0.1, 0.15) is 5.76 Å². The molecule has 2 heterocycles. The highest BCUT2D eigenvalue weighted by Gasteiger charge is 2.14. The van der Waals surface area contributed by atoms with Gasteiger partial charge in [0, 0.05) is 11.8 Å². The van der Waals surface area contributed by atoms with Crippen LogP contribution >= 0.6 is 0 Å². The third kappa shape index (κ3) is 1.75. The Bertz CT molecular complexity index is 894. The molecule has 0 bridgehead atoms. The molecule has 0 saturated heterocycles. The van der Waals surface area contributed by atoms with E-state index in [1.807, 2.05) is 37.3 Å². The minimum atomic E-state index is -0.361. The van der Waals surface area contributed by atoms with Crippen molar-refractivity contribution in [3.8, 4) is 11.1 Å². The summed E-state index contributed by atoms with van der Waals surface area (Å²) in [6.45, 7) is 3.30. The van der Waals surface area contributed by atoms with Crippen LogP contribution in [0.1, 0.15) is 12.6 Å². The lowest BCUT2D eigenvalue weighted by Crippen LogP contribution is -2.33. The predicted molar refractivity (Wildman–Crippen MR) is 76.4 cm³/mol. The highest BCUT2D eigenvalue weighted by molar-refractivity contribution is 5.79. The van der Waals surface area contributed by atoms with Crippen molar-refractivity contribution in [2.45, 2.75) is 13.8 Å². The minimum absolute atomic E-state index is 0.0567. The van der Waals surface area contributed by atoms with E-state index in [4.69, 9.17) is 0 Å². The maximum atomic E-state index is 12.2. The highest BCUT2D eigenvalue weighted by Crippen LogP contribution is 2.25. The molecule has 1 N–H and O–H groups in total. The van der Waals surface area contributed by atoms with Gasteiger partial charge < -0.3 is 5.11 Å². The van der Waals surface area contributed by atoms with Gasteiger partial charge in [-0.25, -0.2) is 4.98 Å². The van der Waals surface area contributed by atoms with E-state index < -0.39 is 0 Å². The van der Waals surface area contributed by atoms with Crippen LogP contribution < -0.4 is 10.8 Å². The van der Waals surface area contributed by atoms with Gasteiger partial charge in [-0.2, -0.15) is 9.61 Å². The fraction of sp³-hybridized carbons (Fsp3) is 0.133. The first-order chi connectivity index (χ1) is 9.59. The summed E-state index contributed by atoms with van der Waals surface area (Å²) >= 11 is 0. The quantitative estimate of drug-likeness (QED) is 0.725. The summed E-state index contributed by atoms with van der Waals surface area (Å²) in [4.78, 5) is 16.5. The van der Waals surface area contributed by atoms with E-state index in [2.05, 4.69) is 10.1 Å². The second-order valence-electron chi connectivity index (χ2n) is 4.62. The molecule has 0 aliphatic carbocycles. The number of aryl methyl sites for hydroxylation is 1. The second kappa shape index (κ2) is 4.45. The molecule has 0 atom stereocenters. The van der Waals surface area contributed by atoms with Crippen LogP contribution in [0.2, 0.25) is 0 Å². The van der Waals surface area contributed by atoms with Crippen LogP contribution in [-0.4, -0.2) is 19.7 Å². The van der Waals surface area contributed by atoms with Crippen molar-refractivity contribution in [2.75, 3.05) is 0 Å². The number of hydrogen-bond acceptors (Lipinski definition) is 4. The van der Waals surface area contributed by atoms with E-state index in [-0.39, 0.29) is 16.5 Å². The number of nitrogens with zero attached hydrogens (tertiary/aromatic N) is 3. The molecule has 0 fully saturated rings. The first kappa shape index (κ1) is 12.3. The Morgan fingerprint density at radius 1 is 1.25 bits per heavy atom. The number of fused-ring (bicyclic) bond motifs is 1. The molecule has 2 aromatic heterocycles. The predicted octanol–water partition coefficient (Wildman–Crippen LogP) is 1.47. The minimum Gasteiger partial charge on any atom is -0.512 e. The normalized spacial score (nSPS) is 12.7. The van der Waals surface area contributed by atoms with Crippen molar-refractivity contribution in [3.63, 3.8) is 0 Å². The van der Waals surface area contributed by atoms with Gasteiger partial charge in [-0.15, -0.1) is 0 Å². The molecule has 0 amide bonds. The van der Waals surface area contributed by atoms with E-state index >= 15 is 0 Å².